The van der Waals surface area contributed by atoms with Gasteiger partial charge in [0.25, 0.3) is 0 Å². The lowest BCUT2D eigenvalue weighted by Crippen LogP contribution is -2.35. The smallest absolute Gasteiger partial charge is 0.222 e. The summed E-state index contributed by atoms with van der Waals surface area (Å²) in [5.74, 6) is 2.15. The van der Waals surface area contributed by atoms with Crippen molar-refractivity contribution in [2.75, 3.05) is 39.4 Å². The van der Waals surface area contributed by atoms with Gasteiger partial charge in [-0.2, -0.15) is 0 Å². The highest BCUT2D eigenvalue weighted by atomic mass is 16.5. The lowest BCUT2D eigenvalue weighted by molar-refractivity contribution is -0.131. The number of nitrogens with one attached hydrogen (secondary N) is 1. The van der Waals surface area contributed by atoms with Gasteiger partial charge in [-0.25, -0.2) is 0 Å². The predicted molar refractivity (Wildman–Crippen MR) is 80.6 cm³/mol. The highest BCUT2D eigenvalue weighted by Gasteiger charge is 2.29. The quantitative estimate of drug-likeness (QED) is 0.809. The third kappa shape index (κ3) is 4.45. The van der Waals surface area contributed by atoms with Gasteiger partial charge in [-0.3, -0.25) is 4.79 Å². The van der Waals surface area contributed by atoms with Crippen molar-refractivity contribution in [3.8, 4) is 0 Å². The molecule has 0 radical (unpaired) electrons. The van der Waals surface area contributed by atoms with E-state index in [4.69, 9.17) is 4.74 Å². The summed E-state index contributed by atoms with van der Waals surface area (Å²) < 4.78 is 5.48. The van der Waals surface area contributed by atoms with Gasteiger partial charge in [0, 0.05) is 32.0 Å². The second-order valence-electron chi connectivity index (χ2n) is 6.42. The zero-order valence-electron chi connectivity index (χ0n) is 13.1. The van der Waals surface area contributed by atoms with Crippen LogP contribution in [0.15, 0.2) is 0 Å². The van der Waals surface area contributed by atoms with Gasteiger partial charge < -0.3 is 15.0 Å². The number of rotatable bonds is 6. The molecule has 0 saturated carbocycles. The minimum absolute atomic E-state index is 0.357. The van der Waals surface area contributed by atoms with Gasteiger partial charge in [-0.15, -0.1) is 0 Å². The van der Waals surface area contributed by atoms with E-state index in [0.29, 0.717) is 17.7 Å². The number of nitrogens with zero attached hydrogens (tertiary/aromatic N) is 1. The molecule has 2 saturated heterocycles. The molecule has 1 amide bonds. The van der Waals surface area contributed by atoms with E-state index in [0.717, 1.165) is 58.2 Å². The molecular weight excluding hydrogens is 252 g/mol. The van der Waals surface area contributed by atoms with E-state index < -0.39 is 0 Å². The molecule has 2 heterocycles. The number of piperidine rings is 1. The standard InChI is InChI=1S/C16H30N2O2/c1-3-20-12-14-6-9-18(11-14)16(19)10-13(2)15-4-7-17-8-5-15/h13-15,17H,3-12H2,1-2H3. The molecular formula is C16H30N2O2. The Hall–Kier alpha value is -0.610. The topological polar surface area (TPSA) is 41.6 Å². The molecule has 4 heteroatoms. The monoisotopic (exact) mass is 282 g/mol. The molecule has 0 spiro atoms. The number of hydrogen-bond acceptors (Lipinski definition) is 3. The molecule has 2 aliphatic heterocycles. The van der Waals surface area contributed by atoms with Crippen LogP contribution in [0.4, 0.5) is 0 Å². The normalized spacial score (nSPS) is 25.9. The summed E-state index contributed by atoms with van der Waals surface area (Å²) in [6, 6.07) is 0. The lowest BCUT2D eigenvalue weighted by Gasteiger charge is -2.29. The van der Waals surface area contributed by atoms with E-state index in [1.807, 2.05) is 6.92 Å². The van der Waals surface area contributed by atoms with Gasteiger partial charge in [0.05, 0.1) is 6.61 Å². The Labute approximate surface area is 123 Å². The van der Waals surface area contributed by atoms with Crippen LogP contribution in [0.1, 0.15) is 39.5 Å². The number of carbonyl (C=O) groups excluding carboxylic acids is 1. The van der Waals surface area contributed by atoms with E-state index in [1.165, 1.54) is 12.8 Å². The molecule has 20 heavy (non-hydrogen) atoms. The summed E-state index contributed by atoms with van der Waals surface area (Å²) in [4.78, 5) is 14.4. The zero-order valence-corrected chi connectivity index (χ0v) is 13.1. The van der Waals surface area contributed by atoms with Gasteiger partial charge in [0.15, 0.2) is 0 Å². The Kier molecular flexibility index (Phi) is 6.30. The van der Waals surface area contributed by atoms with Crippen molar-refractivity contribution in [3.05, 3.63) is 0 Å². The van der Waals surface area contributed by atoms with Crippen LogP contribution in [-0.2, 0) is 9.53 Å². The summed E-state index contributed by atoms with van der Waals surface area (Å²) in [6.45, 7) is 9.92. The highest BCUT2D eigenvalue weighted by molar-refractivity contribution is 5.76. The molecule has 4 nitrogen and oxygen atoms in total. The summed E-state index contributed by atoms with van der Waals surface area (Å²) in [5, 5.41) is 3.39. The van der Waals surface area contributed by atoms with E-state index in [9.17, 15) is 4.79 Å². The first-order valence-electron chi connectivity index (χ1n) is 8.27. The third-order valence-corrected chi connectivity index (χ3v) is 4.88. The average Bonchev–Trinajstić information content (AvgIpc) is 2.95. The van der Waals surface area contributed by atoms with Crippen molar-refractivity contribution in [3.63, 3.8) is 0 Å². The van der Waals surface area contributed by atoms with Crippen LogP contribution < -0.4 is 5.32 Å². The van der Waals surface area contributed by atoms with Crippen molar-refractivity contribution in [1.82, 2.24) is 10.2 Å². The number of likely N-dealkylation sites (tertiary alicyclic amines) is 1. The maximum Gasteiger partial charge on any atom is 0.222 e. The van der Waals surface area contributed by atoms with Crippen LogP contribution in [0, 0.1) is 17.8 Å². The van der Waals surface area contributed by atoms with Gasteiger partial charge in [0.1, 0.15) is 0 Å². The Bertz CT molecular complexity index is 303. The highest BCUT2D eigenvalue weighted by Crippen LogP contribution is 2.26. The average molecular weight is 282 g/mol. The van der Waals surface area contributed by atoms with Crippen molar-refractivity contribution in [1.29, 1.82) is 0 Å². The molecule has 2 rings (SSSR count). The van der Waals surface area contributed by atoms with E-state index >= 15 is 0 Å². The number of hydrogen-bond donors (Lipinski definition) is 1. The summed E-state index contributed by atoms with van der Waals surface area (Å²) in [6.07, 6.45) is 4.28. The fourth-order valence-electron chi connectivity index (χ4n) is 3.46. The number of ether oxygens (including phenoxy) is 1. The van der Waals surface area contributed by atoms with Crippen LogP contribution in [-0.4, -0.2) is 50.2 Å². The molecule has 0 aromatic carbocycles. The maximum atomic E-state index is 12.4. The number of amides is 1. The molecule has 2 aliphatic rings. The molecule has 0 aromatic heterocycles. The molecule has 2 atom stereocenters. The Morgan fingerprint density at radius 2 is 2.10 bits per heavy atom. The largest absolute Gasteiger partial charge is 0.381 e. The second-order valence-corrected chi connectivity index (χ2v) is 6.42. The number of carbonyl (C=O) groups is 1. The first-order valence-corrected chi connectivity index (χ1v) is 8.27. The maximum absolute atomic E-state index is 12.4. The molecule has 0 aliphatic carbocycles. The van der Waals surface area contributed by atoms with Crippen molar-refractivity contribution in [2.45, 2.75) is 39.5 Å². The van der Waals surface area contributed by atoms with Crippen molar-refractivity contribution >= 4 is 5.91 Å². The fourth-order valence-corrected chi connectivity index (χ4v) is 3.46. The minimum Gasteiger partial charge on any atom is -0.381 e. The summed E-state index contributed by atoms with van der Waals surface area (Å²) in [7, 11) is 0. The predicted octanol–water partition coefficient (Wildman–Crippen LogP) is 1.90. The summed E-state index contributed by atoms with van der Waals surface area (Å²) >= 11 is 0. The van der Waals surface area contributed by atoms with Gasteiger partial charge >= 0.3 is 0 Å². The van der Waals surface area contributed by atoms with Crippen LogP contribution in [0.25, 0.3) is 0 Å². The molecule has 116 valence electrons. The first-order chi connectivity index (χ1) is 9.70. The van der Waals surface area contributed by atoms with E-state index in [1.54, 1.807) is 0 Å². The molecule has 0 aromatic rings. The Balaban J connectivity index is 1.71. The fraction of sp³-hybridized carbons (Fsp3) is 0.938. The zero-order chi connectivity index (χ0) is 14.4. The molecule has 2 fully saturated rings. The molecule has 2 unspecified atom stereocenters. The van der Waals surface area contributed by atoms with Crippen molar-refractivity contribution in [2.24, 2.45) is 17.8 Å². The van der Waals surface area contributed by atoms with E-state index in [-0.39, 0.29) is 0 Å². The van der Waals surface area contributed by atoms with Crippen LogP contribution in [0.3, 0.4) is 0 Å². The van der Waals surface area contributed by atoms with Crippen molar-refractivity contribution < 1.29 is 9.53 Å². The minimum atomic E-state index is 0.357. The van der Waals surface area contributed by atoms with Gasteiger partial charge in [-0.05, 0) is 51.1 Å². The third-order valence-electron chi connectivity index (χ3n) is 4.88. The Morgan fingerprint density at radius 3 is 2.80 bits per heavy atom. The van der Waals surface area contributed by atoms with Crippen LogP contribution in [0.2, 0.25) is 0 Å². The van der Waals surface area contributed by atoms with Gasteiger partial charge in [-0.1, -0.05) is 6.92 Å². The van der Waals surface area contributed by atoms with Crippen LogP contribution >= 0.6 is 0 Å². The van der Waals surface area contributed by atoms with E-state index in [2.05, 4.69) is 17.1 Å². The SMILES string of the molecule is CCOCC1CCN(C(=O)CC(C)C2CCNCC2)C1. The van der Waals surface area contributed by atoms with Crippen LogP contribution in [0.5, 0.6) is 0 Å². The van der Waals surface area contributed by atoms with Gasteiger partial charge in [0.2, 0.25) is 5.91 Å². The second kappa shape index (κ2) is 7.99. The molecule has 0 bridgehead atoms. The Morgan fingerprint density at radius 1 is 1.35 bits per heavy atom. The first kappa shape index (κ1) is 15.8. The lowest BCUT2D eigenvalue weighted by atomic mass is 9.84. The summed E-state index contributed by atoms with van der Waals surface area (Å²) in [5.41, 5.74) is 0. The molecule has 1 N–H and O–H groups in total.